The van der Waals surface area contributed by atoms with Gasteiger partial charge in [0.2, 0.25) is 0 Å². The van der Waals surface area contributed by atoms with Crippen LogP contribution in [-0.2, 0) is 10.0 Å². The SMILES string of the molecule is O=C(NN=CC=Cc1ccccc1[N+](=O)[O-])c1cccc(S(=O)(=O)Nc2ccc(Cl)cc2)c1. The zero-order valence-corrected chi connectivity index (χ0v) is 18.5. The molecule has 0 radical (unpaired) electrons. The molecule has 3 aromatic rings. The van der Waals surface area contributed by atoms with Gasteiger partial charge in [-0.1, -0.05) is 29.8 Å². The van der Waals surface area contributed by atoms with Crippen molar-refractivity contribution in [1.82, 2.24) is 5.43 Å². The third-order valence-corrected chi connectivity index (χ3v) is 5.87. The number of sulfonamides is 1. The van der Waals surface area contributed by atoms with Crippen molar-refractivity contribution in [1.29, 1.82) is 0 Å². The molecule has 0 spiro atoms. The smallest absolute Gasteiger partial charge is 0.276 e. The van der Waals surface area contributed by atoms with Gasteiger partial charge >= 0.3 is 0 Å². The van der Waals surface area contributed by atoms with Gasteiger partial charge in [0, 0.05) is 28.6 Å². The van der Waals surface area contributed by atoms with Crippen molar-refractivity contribution >= 4 is 51.2 Å². The number of amides is 1. The van der Waals surface area contributed by atoms with Gasteiger partial charge in [0.25, 0.3) is 21.6 Å². The Balaban J connectivity index is 1.66. The first-order valence-electron chi connectivity index (χ1n) is 9.38. The van der Waals surface area contributed by atoms with E-state index in [9.17, 15) is 23.3 Å². The molecule has 0 aliphatic rings. The molecule has 0 aliphatic carbocycles. The van der Waals surface area contributed by atoms with Crippen molar-refractivity contribution < 1.29 is 18.1 Å². The van der Waals surface area contributed by atoms with Crippen LogP contribution in [0.15, 0.2) is 88.9 Å². The Bertz CT molecular complexity index is 1340. The Morgan fingerprint density at radius 1 is 1.03 bits per heavy atom. The molecule has 1 amide bonds. The highest BCUT2D eigenvalue weighted by Crippen LogP contribution is 2.20. The van der Waals surface area contributed by atoms with E-state index in [2.05, 4.69) is 15.2 Å². The highest BCUT2D eigenvalue weighted by molar-refractivity contribution is 7.92. The van der Waals surface area contributed by atoms with Crippen molar-refractivity contribution in [3.05, 3.63) is 105 Å². The molecule has 0 bridgehead atoms. The van der Waals surface area contributed by atoms with Crippen LogP contribution in [0.25, 0.3) is 6.08 Å². The van der Waals surface area contributed by atoms with Crippen LogP contribution >= 0.6 is 11.6 Å². The lowest BCUT2D eigenvalue weighted by atomic mass is 10.2. The summed E-state index contributed by atoms with van der Waals surface area (Å²) < 4.78 is 27.6. The number of rotatable bonds is 8. The lowest BCUT2D eigenvalue weighted by Gasteiger charge is -2.09. The van der Waals surface area contributed by atoms with Crippen LogP contribution in [0.4, 0.5) is 11.4 Å². The van der Waals surface area contributed by atoms with Crippen molar-refractivity contribution in [3.63, 3.8) is 0 Å². The molecular weight excluding hydrogens is 468 g/mol. The molecule has 2 N–H and O–H groups in total. The molecule has 3 aromatic carbocycles. The van der Waals surface area contributed by atoms with Gasteiger partial charge in [-0.25, -0.2) is 13.8 Å². The van der Waals surface area contributed by atoms with Crippen molar-refractivity contribution in [2.75, 3.05) is 4.72 Å². The van der Waals surface area contributed by atoms with E-state index in [1.54, 1.807) is 30.3 Å². The molecule has 168 valence electrons. The number of carbonyl (C=O) groups is 1. The number of hydrazone groups is 1. The number of benzene rings is 3. The molecule has 0 heterocycles. The standard InChI is InChI=1S/C22H17ClN4O5S/c23-18-10-12-19(13-11-18)26-33(31,32)20-8-3-6-17(15-20)22(28)25-24-14-4-7-16-5-1-2-9-21(16)27(29)30/h1-15,26H,(H,25,28). The van der Waals surface area contributed by atoms with E-state index < -0.39 is 20.9 Å². The van der Waals surface area contributed by atoms with Gasteiger partial charge in [-0.15, -0.1) is 0 Å². The monoisotopic (exact) mass is 484 g/mol. The van der Waals surface area contributed by atoms with Crippen molar-refractivity contribution in [2.45, 2.75) is 4.90 Å². The third-order valence-electron chi connectivity index (χ3n) is 4.24. The second-order valence-electron chi connectivity index (χ2n) is 6.53. The number of anilines is 1. The molecule has 0 saturated carbocycles. The van der Waals surface area contributed by atoms with Gasteiger partial charge < -0.3 is 0 Å². The van der Waals surface area contributed by atoms with Gasteiger partial charge in [-0.2, -0.15) is 5.10 Å². The van der Waals surface area contributed by atoms with E-state index in [-0.39, 0.29) is 16.1 Å². The van der Waals surface area contributed by atoms with Gasteiger partial charge in [-0.3, -0.25) is 19.6 Å². The number of halogens is 1. The average Bonchev–Trinajstić information content (AvgIpc) is 2.80. The Kier molecular flexibility index (Phi) is 7.54. The van der Waals surface area contributed by atoms with Gasteiger partial charge in [-0.05, 0) is 60.7 Å². The summed E-state index contributed by atoms with van der Waals surface area (Å²) in [4.78, 5) is 22.7. The summed E-state index contributed by atoms with van der Waals surface area (Å²) in [6, 6.07) is 17.7. The maximum atomic E-state index is 12.6. The van der Waals surface area contributed by atoms with Crippen LogP contribution in [-0.4, -0.2) is 25.5 Å². The number of allylic oxidation sites excluding steroid dienone is 1. The van der Waals surface area contributed by atoms with E-state index in [0.29, 0.717) is 16.3 Å². The number of nitro benzene ring substituents is 1. The molecule has 0 aliphatic heterocycles. The Morgan fingerprint density at radius 3 is 2.48 bits per heavy atom. The predicted molar refractivity (Wildman–Crippen MR) is 127 cm³/mol. The van der Waals surface area contributed by atoms with E-state index in [1.807, 2.05) is 0 Å². The molecule has 0 unspecified atom stereocenters. The average molecular weight is 485 g/mol. The van der Waals surface area contributed by atoms with Gasteiger partial charge in [0.15, 0.2) is 0 Å². The Hall–Kier alpha value is -4.02. The van der Waals surface area contributed by atoms with E-state index in [1.165, 1.54) is 60.8 Å². The number of nitrogens with zero attached hydrogens (tertiary/aromatic N) is 2. The first kappa shape index (κ1) is 23.6. The van der Waals surface area contributed by atoms with E-state index in [0.717, 1.165) is 0 Å². The van der Waals surface area contributed by atoms with Crippen LogP contribution in [0, 0.1) is 10.1 Å². The van der Waals surface area contributed by atoms with E-state index in [4.69, 9.17) is 11.6 Å². The first-order valence-corrected chi connectivity index (χ1v) is 11.2. The number of hydrogen-bond acceptors (Lipinski definition) is 6. The minimum Gasteiger partial charge on any atom is -0.280 e. The number of nitro groups is 1. The third kappa shape index (κ3) is 6.48. The number of para-hydroxylation sites is 1. The van der Waals surface area contributed by atoms with Crippen LogP contribution in [0.5, 0.6) is 0 Å². The topological polar surface area (TPSA) is 131 Å². The molecule has 0 aromatic heterocycles. The van der Waals surface area contributed by atoms with Crippen LogP contribution < -0.4 is 10.1 Å². The minimum atomic E-state index is -3.93. The van der Waals surface area contributed by atoms with Gasteiger partial charge in [0.1, 0.15) is 0 Å². The molecular formula is C22H17ClN4O5S. The Morgan fingerprint density at radius 2 is 1.76 bits per heavy atom. The maximum absolute atomic E-state index is 12.6. The van der Waals surface area contributed by atoms with Crippen LogP contribution in [0.2, 0.25) is 5.02 Å². The highest BCUT2D eigenvalue weighted by atomic mass is 35.5. The Labute approximate surface area is 194 Å². The lowest BCUT2D eigenvalue weighted by molar-refractivity contribution is -0.385. The summed E-state index contributed by atoms with van der Waals surface area (Å²) in [7, 11) is -3.93. The summed E-state index contributed by atoms with van der Waals surface area (Å²) in [5, 5.41) is 15.2. The summed E-state index contributed by atoms with van der Waals surface area (Å²) in [5.74, 6) is -0.631. The molecule has 0 fully saturated rings. The molecule has 9 nitrogen and oxygen atoms in total. The normalized spacial score (nSPS) is 11.5. The summed E-state index contributed by atoms with van der Waals surface area (Å²) in [6.45, 7) is 0. The fourth-order valence-corrected chi connectivity index (χ4v) is 3.91. The van der Waals surface area contributed by atoms with Crippen LogP contribution in [0.1, 0.15) is 15.9 Å². The molecule has 3 rings (SSSR count). The fourth-order valence-electron chi connectivity index (χ4n) is 2.68. The first-order chi connectivity index (χ1) is 15.8. The highest BCUT2D eigenvalue weighted by Gasteiger charge is 2.16. The molecule has 33 heavy (non-hydrogen) atoms. The van der Waals surface area contributed by atoms with E-state index >= 15 is 0 Å². The summed E-state index contributed by atoms with van der Waals surface area (Å²) in [6.07, 6.45) is 4.15. The second-order valence-corrected chi connectivity index (χ2v) is 8.65. The zero-order chi connectivity index (χ0) is 23.8. The minimum absolute atomic E-state index is 0.0589. The number of carbonyl (C=O) groups excluding carboxylic acids is 1. The summed E-state index contributed by atoms with van der Waals surface area (Å²) in [5.41, 5.74) is 3.00. The second kappa shape index (κ2) is 10.5. The largest absolute Gasteiger partial charge is 0.280 e. The number of nitrogens with one attached hydrogen (secondary N) is 2. The van der Waals surface area contributed by atoms with Crippen molar-refractivity contribution in [2.24, 2.45) is 5.10 Å². The molecule has 11 heteroatoms. The molecule has 0 atom stereocenters. The maximum Gasteiger partial charge on any atom is 0.276 e. The predicted octanol–water partition coefficient (Wildman–Crippen LogP) is 4.48. The molecule has 0 saturated heterocycles. The van der Waals surface area contributed by atoms with Crippen LogP contribution in [0.3, 0.4) is 0 Å². The summed E-state index contributed by atoms with van der Waals surface area (Å²) >= 11 is 5.80. The quantitative estimate of drug-likeness (QED) is 0.276. The fraction of sp³-hybridized carbons (Fsp3) is 0. The van der Waals surface area contributed by atoms with Gasteiger partial charge in [0.05, 0.1) is 15.4 Å². The zero-order valence-electron chi connectivity index (χ0n) is 16.9. The van der Waals surface area contributed by atoms with Crippen molar-refractivity contribution in [3.8, 4) is 0 Å². The number of hydrogen-bond donors (Lipinski definition) is 2. The lowest BCUT2D eigenvalue weighted by Crippen LogP contribution is -2.19.